The van der Waals surface area contributed by atoms with Crippen LogP contribution < -0.4 is 10.1 Å². The lowest BCUT2D eigenvalue weighted by molar-refractivity contribution is -0.0129. The number of benzene rings is 2. The number of carbonyl (C=O) groups is 1. The quantitative estimate of drug-likeness (QED) is 0.702. The summed E-state index contributed by atoms with van der Waals surface area (Å²) in [6.45, 7) is 0.828. The van der Waals surface area contributed by atoms with Crippen LogP contribution >= 0.6 is 11.6 Å². The minimum atomic E-state index is -0.886. The summed E-state index contributed by atoms with van der Waals surface area (Å²) < 4.78 is 5.80. The molecule has 0 aliphatic heterocycles. The zero-order valence-electron chi connectivity index (χ0n) is 15.0. The van der Waals surface area contributed by atoms with E-state index >= 15 is 0 Å². The van der Waals surface area contributed by atoms with E-state index in [2.05, 4.69) is 5.32 Å². The highest BCUT2D eigenvalue weighted by molar-refractivity contribution is 6.30. The summed E-state index contributed by atoms with van der Waals surface area (Å²) >= 11 is 5.87. The second-order valence-electron chi connectivity index (χ2n) is 7.16. The van der Waals surface area contributed by atoms with Crippen molar-refractivity contribution in [3.63, 3.8) is 0 Å². The monoisotopic (exact) mass is 389 g/mol. The molecule has 1 amide bonds. The zero-order valence-corrected chi connectivity index (χ0v) is 15.8. The van der Waals surface area contributed by atoms with Gasteiger partial charge in [0.15, 0.2) is 0 Å². The first-order valence-corrected chi connectivity index (χ1v) is 9.49. The van der Waals surface area contributed by atoms with Gasteiger partial charge >= 0.3 is 0 Å². The van der Waals surface area contributed by atoms with Crippen molar-refractivity contribution in [1.82, 2.24) is 5.32 Å². The number of aliphatic hydroxyl groups is 1. The molecule has 144 valence electrons. The molecular weight excluding hydrogens is 366 g/mol. The van der Waals surface area contributed by atoms with Gasteiger partial charge in [-0.15, -0.1) is 0 Å². The van der Waals surface area contributed by atoms with Gasteiger partial charge in [-0.2, -0.15) is 0 Å². The van der Waals surface area contributed by atoms with Crippen molar-refractivity contribution in [3.8, 4) is 11.5 Å². The Morgan fingerprint density at radius 2 is 1.74 bits per heavy atom. The summed E-state index contributed by atoms with van der Waals surface area (Å²) in [4.78, 5) is 12.2. The molecule has 1 aliphatic carbocycles. The SMILES string of the molecule is O=C(NCC1(O)CCC(COc2ccc(Cl)cc2)CC1)c1ccc(O)cc1. The molecule has 0 unspecified atom stereocenters. The molecule has 0 aromatic heterocycles. The van der Waals surface area contributed by atoms with Gasteiger partial charge in [0, 0.05) is 17.1 Å². The van der Waals surface area contributed by atoms with Gasteiger partial charge in [-0.25, -0.2) is 0 Å². The number of halogens is 1. The van der Waals surface area contributed by atoms with Gasteiger partial charge in [-0.05, 0) is 80.1 Å². The van der Waals surface area contributed by atoms with Crippen molar-refractivity contribution in [2.45, 2.75) is 31.3 Å². The van der Waals surface area contributed by atoms with Gasteiger partial charge in [-0.3, -0.25) is 4.79 Å². The van der Waals surface area contributed by atoms with Crippen LogP contribution in [0.15, 0.2) is 48.5 Å². The number of nitrogens with one attached hydrogen (secondary N) is 1. The normalized spacial score (nSPS) is 22.2. The Kier molecular flexibility index (Phi) is 6.24. The molecule has 0 heterocycles. The van der Waals surface area contributed by atoms with Crippen molar-refractivity contribution in [2.75, 3.05) is 13.2 Å². The summed E-state index contributed by atoms with van der Waals surface area (Å²) in [6.07, 6.45) is 2.94. The summed E-state index contributed by atoms with van der Waals surface area (Å²) in [5.74, 6) is 1.04. The maximum absolute atomic E-state index is 12.2. The van der Waals surface area contributed by atoms with Crippen molar-refractivity contribution in [3.05, 3.63) is 59.1 Å². The molecule has 5 nitrogen and oxygen atoms in total. The first-order valence-electron chi connectivity index (χ1n) is 9.11. The van der Waals surface area contributed by atoms with Gasteiger partial charge in [-0.1, -0.05) is 11.6 Å². The highest BCUT2D eigenvalue weighted by Gasteiger charge is 2.33. The van der Waals surface area contributed by atoms with Crippen molar-refractivity contribution >= 4 is 17.5 Å². The summed E-state index contributed by atoms with van der Waals surface area (Å²) in [6, 6.07) is 13.3. The molecule has 1 aliphatic rings. The van der Waals surface area contributed by atoms with E-state index < -0.39 is 5.60 Å². The third kappa shape index (κ3) is 5.62. The second-order valence-corrected chi connectivity index (χ2v) is 7.60. The van der Waals surface area contributed by atoms with E-state index in [0.717, 1.165) is 18.6 Å². The summed E-state index contributed by atoms with van der Waals surface area (Å²) in [7, 11) is 0. The molecular formula is C21H24ClNO4. The minimum Gasteiger partial charge on any atom is -0.508 e. The van der Waals surface area contributed by atoms with Gasteiger partial charge in [0.25, 0.3) is 5.91 Å². The number of amides is 1. The van der Waals surface area contributed by atoms with Crippen LogP contribution in [0.25, 0.3) is 0 Å². The van der Waals surface area contributed by atoms with Crippen molar-refractivity contribution < 1.29 is 19.7 Å². The van der Waals surface area contributed by atoms with E-state index in [9.17, 15) is 15.0 Å². The van der Waals surface area contributed by atoms with Gasteiger partial charge in [0.2, 0.25) is 0 Å². The fraction of sp³-hybridized carbons (Fsp3) is 0.381. The number of carbonyl (C=O) groups excluding carboxylic acids is 1. The van der Waals surface area contributed by atoms with Crippen LogP contribution in [-0.4, -0.2) is 34.9 Å². The summed E-state index contributed by atoms with van der Waals surface area (Å²) in [5.41, 5.74) is -0.426. The number of phenolic OH excluding ortho intramolecular Hbond substituents is 1. The van der Waals surface area contributed by atoms with Gasteiger partial charge in [0.05, 0.1) is 12.2 Å². The average Bonchev–Trinajstić information content (AvgIpc) is 2.68. The minimum absolute atomic E-state index is 0.115. The lowest BCUT2D eigenvalue weighted by Gasteiger charge is -2.36. The van der Waals surface area contributed by atoms with Crippen LogP contribution in [0.5, 0.6) is 11.5 Å². The first-order chi connectivity index (χ1) is 12.9. The van der Waals surface area contributed by atoms with Crippen molar-refractivity contribution in [2.24, 2.45) is 5.92 Å². The molecule has 0 spiro atoms. The van der Waals surface area contributed by atoms with E-state index in [1.54, 1.807) is 24.3 Å². The van der Waals surface area contributed by atoms with Gasteiger partial charge in [0.1, 0.15) is 11.5 Å². The lowest BCUT2D eigenvalue weighted by atomic mass is 9.79. The number of aromatic hydroxyl groups is 1. The van der Waals surface area contributed by atoms with Crippen LogP contribution in [0.1, 0.15) is 36.0 Å². The molecule has 0 bridgehead atoms. The number of hydrogen-bond donors (Lipinski definition) is 3. The number of ether oxygens (including phenoxy) is 1. The molecule has 0 radical (unpaired) electrons. The predicted molar refractivity (Wildman–Crippen MR) is 104 cm³/mol. The molecule has 27 heavy (non-hydrogen) atoms. The third-order valence-electron chi connectivity index (χ3n) is 5.04. The number of phenols is 1. The van der Waals surface area contributed by atoms with Gasteiger partial charge < -0.3 is 20.3 Å². The molecule has 1 fully saturated rings. The largest absolute Gasteiger partial charge is 0.508 e. The smallest absolute Gasteiger partial charge is 0.251 e. The highest BCUT2D eigenvalue weighted by Crippen LogP contribution is 2.32. The van der Waals surface area contributed by atoms with Crippen LogP contribution in [0.2, 0.25) is 5.02 Å². The molecule has 0 atom stereocenters. The number of rotatable bonds is 6. The fourth-order valence-corrected chi connectivity index (χ4v) is 3.39. The molecule has 2 aromatic carbocycles. The average molecular weight is 390 g/mol. The third-order valence-corrected chi connectivity index (χ3v) is 5.29. The Hall–Kier alpha value is -2.24. The Bertz CT molecular complexity index is 753. The lowest BCUT2D eigenvalue weighted by Crippen LogP contribution is -2.45. The van der Waals surface area contributed by atoms with Crippen LogP contribution in [0.4, 0.5) is 0 Å². The Labute approximate surface area is 163 Å². The van der Waals surface area contributed by atoms with Crippen molar-refractivity contribution in [1.29, 1.82) is 0 Å². The van der Waals surface area contributed by atoms with E-state index in [4.69, 9.17) is 16.3 Å². The van der Waals surface area contributed by atoms with Crippen LogP contribution in [-0.2, 0) is 0 Å². The molecule has 2 aromatic rings. The maximum atomic E-state index is 12.2. The molecule has 6 heteroatoms. The molecule has 3 N–H and O–H groups in total. The number of hydrogen-bond acceptors (Lipinski definition) is 4. The standard InChI is InChI=1S/C21H24ClNO4/c22-17-3-7-19(8-4-17)27-13-15-9-11-21(26,12-10-15)14-23-20(25)16-1-5-18(24)6-2-16/h1-8,15,24,26H,9-14H2,(H,23,25). The molecule has 3 rings (SSSR count). The van der Waals surface area contributed by atoms with Crippen LogP contribution in [0.3, 0.4) is 0 Å². The molecule has 1 saturated carbocycles. The van der Waals surface area contributed by atoms with E-state index in [-0.39, 0.29) is 18.2 Å². The topological polar surface area (TPSA) is 78.8 Å². The van der Waals surface area contributed by atoms with Crippen LogP contribution in [0, 0.1) is 5.92 Å². The van der Waals surface area contributed by atoms with E-state index in [1.807, 2.05) is 12.1 Å². The highest BCUT2D eigenvalue weighted by atomic mass is 35.5. The zero-order chi connectivity index (χ0) is 19.3. The first kappa shape index (κ1) is 19.5. The Balaban J connectivity index is 1.42. The second kappa shape index (κ2) is 8.63. The fourth-order valence-electron chi connectivity index (χ4n) is 3.26. The van der Waals surface area contributed by atoms with E-state index in [1.165, 1.54) is 12.1 Å². The maximum Gasteiger partial charge on any atom is 0.251 e. The summed E-state index contributed by atoms with van der Waals surface area (Å²) in [5, 5.41) is 23.5. The Morgan fingerprint density at radius 1 is 1.11 bits per heavy atom. The molecule has 0 saturated heterocycles. The van der Waals surface area contributed by atoms with E-state index in [0.29, 0.717) is 36.0 Å². The predicted octanol–water partition coefficient (Wildman–Crippen LogP) is 3.78. The Morgan fingerprint density at radius 3 is 2.37 bits per heavy atom.